The van der Waals surface area contributed by atoms with Gasteiger partial charge >= 0.3 is 12.0 Å². The Morgan fingerprint density at radius 2 is 1.54 bits per heavy atom. The van der Waals surface area contributed by atoms with Crippen LogP contribution in [0.5, 0.6) is 0 Å². The highest BCUT2D eigenvalue weighted by Gasteiger charge is 2.47. The second kappa shape index (κ2) is 5.91. The number of hydrogen-bond donors (Lipinski definition) is 1. The summed E-state index contributed by atoms with van der Waals surface area (Å²) < 4.78 is 33.4. The van der Waals surface area contributed by atoms with E-state index in [0.717, 1.165) is 10.8 Å². The lowest BCUT2D eigenvalue weighted by Gasteiger charge is -2.33. The molecule has 124 valence electrons. The zero-order valence-electron chi connectivity index (χ0n) is 12.5. The molecule has 0 aromatic heterocycles. The van der Waals surface area contributed by atoms with E-state index in [1.165, 1.54) is 0 Å². The summed E-state index contributed by atoms with van der Waals surface area (Å²) in [7, 11) is 0. The first-order valence-corrected chi connectivity index (χ1v) is 7.28. The first-order chi connectivity index (χ1) is 11.1. The molecule has 3 aromatic rings. The highest BCUT2D eigenvalue weighted by molar-refractivity contribution is 6.03. The Kier molecular flexibility index (Phi) is 4.05. The standard InChI is InChI=1S/C18H13F2NO2.ClH/c19-18(20)10-23-17(22)21-16(18)15-13-7-3-1-5-11(13)9-12-6-2-4-8-14(12)15;/h1-9,16H,10H2,(H,21,22);1H/t16-;/m0./s1. The lowest BCUT2D eigenvalue weighted by atomic mass is 9.89. The molecule has 0 saturated carbocycles. The molecule has 1 aliphatic heterocycles. The maximum Gasteiger partial charge on any atom is 0.408 e. The Hall–Kier alpha value is -2.40. The van der Waals surface area contributed by atoms with Gasteiger partial charge in [-0.2, -0.15) is 0 Å². The van der Waals surface area contributed by atoms with Gasteiger partial charge < -0.3 is 10.1 Å². The molecule has 6 heteroatoms. The minimum Gasteiger partial charge on any atom is -0.443 e. The molecule has 0 bridgehead atoms. The predicted octanol–water partition coefficient (Wildman–Crippen LogP) is 4.83. The summed E-state index contributed by atoms with van der Waals surface area (Å²) in [5.41, 5.74) is 0.431. The molecule has 4 rings (SSSR count). The Morgan fingerprint density at radius 1 is 1.00 bits per heavy atom. The van der Waals surface area contributed by atoms with Crippen molar-refractivity contribution >= 4 is 40.0 Å². The van der Waals surface area contributed by atoms with E-state index < -0.39 is 24.7 Å². The minimum absolute atomic E-state index is 0. The van der Waals surface area contributed by atoms with Crippen molar-refractivity contribution in [3.63, 3.8) is 0 Å². The van der Waals surface area contributed by atoms with Gasteiger partial charge in [0.2, 0.25) is 0 Å². The number of alkyl carbamates (subject to hydrolysis) is 1. The van der Waals surface area contributed by atoms with Crippen LogP contribution in [0.1, 0.15) is 11.6 Å². The molecular formula is C18H14ClF2NO2. The van der Waals surface area contributed by atoms with Crippen molar-refractivity contribution in [2.45, 2.75) is 12.0 Å². The van der Waals surface area contributed by atoms with Crippen molar-refractivity contribution in [2.75, 3.05) is 6.61 Å². The monoisotopic (exact) mass is 349 g/mol. The lowest BCUT2D eigenvalue weighted by molar-refractivity contribution is -0.103. The number of nitrogens with one attached hydrogen (secondary N) is 1. The number of ether oxygens (including phenoxy) is 1. The number of carbonyl (C=O) groups excluding carboxylic acids is 1. The van der Waals surface area contributed by atoms with Gasteiger partial charge in [-0.1, -0.05) is 48.5 Å². The third-order valence-corrected chi connectivity index (χ3v) is 4.18. The summed E-state index contributed by atoms with van der Waals surface area (Å²) in [6, 6.07) is 15.2. The molecule has 1 aliphatic rings. The number of fused-ring (bicyclic) bond motifs is 2. The average molecular weight is 350 g/mol. The summed E-state index contributed by atoms with van der Waals surface area (Å²) in [4.78, 5) is 11.5. The fourth-order valence-corrected chi connectivity index (χ4v) is 3.15. The molecule has 1 fully saturated rings. The topological polar surface area (TPSA) is 38.3 Å². The largest absolute Gasteiger partial charge is 0.443 e. The molecule has 3 nitrogen and oxygen atoms in total. The van der Waals surface area contributed by atoms with Gasteiger partial charge in [0, 0.05) is 0 Å². The molecule has 24 heavy (non-hydrogen) atoms. The normalized spacial score (nSPS) is 19.4. The van der Waals surface area contributed by atoms with Gasteiger partial charge in [0.1, 0.15) is 6.04 Å². The van der Waals surface area contributed by atoms with Gasteiger partial charge in [-0.25, -0.2) is 13.6 Å². The van der Waals surface area contributed by atoms with Crippen molar-refractivity contribution in [1.82, 2.24) is 5.32 Å². The van der Waals surface area contributed by atoms with Crippen LogP contribution in [0.15, 0.2) is 54.6 Å². The van der Waals surface area contributed by atoms with E-state index in [4.69, 9.17) is 0 Å². The van der Waals surface area contributed by atoms with Crippen molar-refractivity contribution in [3.05, 3.63) is 60.2 Å². The SMILES string of the molecule is Cl.O=C1N[C@@H](c2c3ccccc3cc3ccccc23)C(F)(F)CO1. The summed E-state index contributed by atoms with van der Waals surface area (Å²) in [5, 5.41) is 5.43. The lowest BCUT2D eigenvalue weighted by Crippen LogP contribution is -2.49. The van der Waals surface area contributed by atoms with Crippen molar-refractivity contribution in [3.8, 4) is 0 Å². The van der Waals surface area contributed by atoms with Crippen LogP contribution in [0.3, 0.4) is 0 Å². The van der Waals surface area contributed by atoms with Crippen LogP contribution in [-0.4, -0.2) is 18.6 Å². The first-order valence-electron chi connectivity index (χ1n) is 7.28. The van der Waals surface area contributed by atoms with Gasteiger partial charge in [-0.3, -0.25) is 0 Å². The van der Waals surface area contributed by atoms with Crippen LogP contribution in [-0.2, 0) is 4.74 Å². The Labute approximate surface area is 143 Å². The Bertz CT molecular complexity index is 875. The van der Waals surface area contributed by atoms with Crippen molar-refractivity contribution < 1.29 is 18.3 Å². The number of halogens is 3. The predicted molar refractivity (Wildman–Crippen MR) is 90.9 cm³/mol. The van der Waals surface area contributed by atoms with Crippen molar-refractivity contribution in [1.29, 1.82) is 0 Å². The molecule has 1 atom stereocenters. The quantitative estimate of drug-likeness (QED) is 0.639. The van der Waals surface area contributed by atoms with Crippen LogP contribution < -0.4 is 5.32 Å². The van der Waals surface area contributed by atoms with Gasteiger partial charge in [0.25, 0.3) is 0 Å². The second-order valence-electron chi connectivity index (χ2n) is 5.65. The summed E-state index contributed by atoms with van der Waals surface area (Å²) in [6.45, 7) is -0.916. The molecule has 1 heterocycles. The van der Waals surface area contributed by atoms with E-state index in [9.17, 15) is 13.6 Å². The number of amides is 1. The van der Waals surface area contributed by atoms with Gasteiger partial charge in [0.05, 0.1) is 0 Å². The fourth-order valence-electron chi connectivity index (χ4n) is 3.15. The van der Waals surface area contributed by atoms with E-state index >= 15 is 0 Å². The highest BCUT2D eigenvalue weighted by Crippen LogP contribution is 2.41. The van der Waals surface area contributed by atoms with E-state index in [-0.39, 0.29) is 12.4 Å². The van der Waals surface area contributed by atoms with E-state index in [1.807, 2.05) is 30.3 Å². The average Bonchev–Trinajstić information content (AvgIpc) is 2.55. The maximum absolute atomic E-state index is 14.4. The highest BCUT2D eigenvalue weighted by atomic mass is 35.5. The number of rotatable bonds is 1. The fraction of sp³-hybridized carbons (Fsp3) is 0.167. The summed E-state index contributed by atoms with van der Waals surface area (Å²) >= 11 is 0. The van der Waals surface area contributed by atoms with Crippen LogP contribution in [0, 0.1) is 0 Å². The van der Waals surface area contributed by atoms with Gasteiger partial charge in [0.15, 0.2) is 6.61 Å². The third kappa shape index (κ3) is 2.55. The molecule has 1 amide bonds. The maximum atomic E-state index is 14.4. The molecule has 1 saturated heterocycles. The number of alkyl halides is 2. The number of carbonyl (C=O) groups is 1. The molecule has 0 radical (unpaired) electrons. The zero-order chi connectivity index (χ0) is 16.0. The van der Waals surface area contributed by atoms with E-state index in [2.05, 4.69) is 10.1 Å². The Balaban J connectivity index is 0.00000169. The summed E-state index contributed by atoms with van der Waals surface area (Å²) in [6.07, 6.45) is -0.821. The molecule has 0 aliphatic carbocycles. The summed E-state index contributed by atoms with van der Waals surface area (Å²) in [5.74, 6) is -3.18. The zero-order valence-corrected chi connectivity index (χ0v) is 13.3. The smallest absolute Gasteiger partial charge is 0.408 e. The Morgan fingerprint density at radius 3 is 2.12 bits per heavy atom. The minimum atomic E-state index is -3.18. The third-order valence-electron chi connectivity index (χ3n) is 4.18. The molecule has 1 N–H and O–H groups in total. The number of hydrogen-bond acceptors (Lipinski definition) is 2. The van der Waals surface area contributed by atoms with Crippen LogP contribution in [0.2, 0.25) is 0 Å². The van der Waals surface area contributed by atoms with Gasteiger partial charge in [-0.15, -0.1) is 12.4 Å². The van der Waals surface area contributed by atoms with Crippen LogP contribution >= 0.6 is 12.4 Å². The molecular weight excluding hydrogens is 336 g/mol. The van der Waals surface area contributed by atoms with Crippen LogP contribution in [0.4, 0.5) is 13.6 Å². The number of benzene rings is 3. The van der Waals surface area contributed by atoms with Crippen molar-refractivity contribution in [2.24, 2.45) is 0 Å². The number of cyclic esters (lactones) is 1. The molecule has 0 unspecified atom stereocenters. The molecule has 3 aromatic carbocycles. The molecule has 0 spiro atoms. The van der Waals surface area contributed by atoms with E-state index in [0.29, 0.717) is 16.3 Å². The first kappa shape index (κ1) is 16.5. The van der Waals surface area contributed by atoms with Gasteiger partial charge in [-0.05, 0) is 33.2 Å². The second-order valence-corrected chi connectivity index (χ2v) is 5.65. The van der Waals surface area contributed by atoms with E-state index in [1.54, 1.807) is 24.3 Å². The van der Waals surface area contributed by atoms with Crippen LogP contribution in [0.25, 0.3) is 21.5 Å².